The second-order valence-corrected chi connectivity index (χ2v) is 6.90. The van der Waals surface area contributed by atoms with Crippen molar-refractivity contribution in [2.24, 2.45) is 0 Å². The largest absolute Gasteiger partial charge is 0.494 e. The van der Waals surface area contributed by atoms with Crippen LogP contribution >= 0.6 is 0 Å². The van der Waals surface area contributed by atoms with E-state index in [0.29, 0.717) is 23.8 Å². The van der Waals surface area contributed by atoms with Gasteiger partial charge in [0, 0.05) is 11.9 Å². The lowest BCUT2D eigenvalue weighted by Gasteiger charge is -2.15. The third-order valence-corrected chi connectivity index (χ3v) is 4.55. The van der Waals surface area contributed by atoms with Gasteiger partial charge in [0.2, 0.25) is 5.82 Å². The summed E-state index contributed by atoms with van der Waals surface area (Å²) < 4.78 is 52.3. The molecular formula is C22H18F3N5O3. The van der Waals surface area contributed by atoms with Gasteiger partial charge in [-0.15, -0.1) is 5.10 Å². The Hall–Kier alpha value is -4.15. The highest BCUT2D eigenvalue weighted by Gasteiger charge is 2.31. The quantitative estimate of drug-likeness (QED) is 0.443. The van der Waals surface area contributed by atoms with Crippen molar-refractivity contribution in [2.75, 3.05) is 11.9 Å². The lowest BCUT2D eigenvalue weighted by molar-refractivity contribution is -0.137. The van der Waals surface area contributed by atoms with Crippen molar-refractivity contribution in [3.8, 4) is 17.2 Å². The van der Waals surface area contributed by atoms with Crippen LogP contribution in [-0.4, -0.2) is 32.1 Å². The number of carbonyl (C=O) groups excluding carboxylic acids is 1. The first kappa shape index (κ1) is 22.1. The van der Waals surface area contributed by atoms with Crippen molar-refractivity contribution in [1.82, 2.24) is 19.6 Å². The van der Waals surface area contributed by atoms with E-state index in [2.05, 4.69) is 20.4 Å². The first-order valence-electron chi connectivity index (χ1n) is 9.86. The maximum absolute atomic E-state index is 13.3. The number of nitrogens with zero attached hydrogens (tertiary/aromatic N) is 4. The number of benzene rings is 2. The summed E-state index contributed by atoms with van der Waals surface area (Å²) in [7, 11) is 0. The summed E-state index contributed by atoms with van der Waals surface area (Å²) in [5.41, 5.74) is -0.449. The van der Waals surface area contributed by atoms with Crippen LogP contribution < -0.4 is 14.8 Å². The Labute approximate surface area is 186 Å². The van der Waals surface area contributed by atoms with Crippen molar-refractivity contribution >= 4 is 17.4 Å². The lowest BCUT2D eigenvalue weighted by Crippen LogP contribution is -2.16. The molecule has 2 aromatic heterocycles. The van der Waals surface area contributed by atoms with Gasteiger partial charge in [-0.05, 0) is 62.4 Å². The standard InChI is InChI=1S/C22H18F3N5O3/c1-3-32-15-5-7-16(8-6-15)33-18-9-4-14(22(23,24)25)12-17(18)27-20(31)19-28-21-26-11-10-13(2)30(21)29-19/h4-12H,3H2,1-2H3,(H,27,31). The average molecular weight is 457 g/mol. The van der Waals surface area contributed by atoms with Crippen LogP contribution in [0.1, 0.15) is 28.8 Å². The van der Waals surface area contributed by atoms with Crippen molar-refractivity contribution in [3.05, 3.63) is 71.8 Å². The number of aryl methyl sites for hydroxylation is 1. The minimum atomic E-state index is -4.61. The van der Waals surface area contributed by atoms with Crippen molar-refractivity contribution in [1.29, 1.82) is 0 Å². The lowest BCUT2D eigenvalue weighted by atomic mass is 10.1. The fourth-order valence-electron chi connectivity index (χ4n) is 2.97. The molecule has 1 amide bonds. The smallest absolute Gasteiger partial charge is 0.416 e. The molecule has 0 bridgehead atoms. The number of alkyl halides is 3. The maximum atomic E-state index is 13.3. The summed E-state index contributed by atoms with van der Waals surface area (Å²) in [5.74, 6) is 0.109. The summed E-state index contributed by atoms with van der Waals surface area (Å²) in [6.45, 7) is 4.08. The Morgan fingerprint density at radius 3 is 2.48 bits per heavy atom. The number of ether oxygens (including phenoxy) is 2. The van der Waals surface area contributed by atoms with E-state index in [4.69, 9.17) is 9.47 Å². The molecule has 0 unspecified atom stereocenters. The molecule has 33 heavy (non-hydrogen) atoms. The van der Waals surface area contributed by atoms with E-state index >= 15 is 0 Å². The Morgan fingerprint density at radius 1 is 1.09 bits per heavy atom. The van der Waals surface area contributed by atoms with Gasteiger partial charge in [0.15, 0.2) is 5.75 Å². The number of rotatable bonds is 6. The SMILES string of the molecule is CCOc1ccc(Oc2ccc(C(F)(F)F)cc2NC(=O)c2nc3nccc(C)n3n2)cc1. The second kappa shape index (κ2) is 8.77. The Balaban J connectivity index is 1.65. The van der Waals surface area contributed by atoms with E-state index in [9.17, 15) is 18.0 Å². The fraction of sp³-hybridized carbons (Fsp3) is 0.182. The average Bonchev–Trinajstić information content (AvgIpc) is 3.22. The Morgan fingerprint density at radius 2 is 1.82 bits per heavy atom. The van der Waals surface area contributed by atoms with Crippen LogP contribution in [0.3, 0.4) is 0 Å². The third kappa shape index (κ3) is 4.86. The maximum Gasteiger partial charge on any atom is 0.416 e. The molecule has 11 heteroatoms. The summed E-state index contributed by atoms with van der Waals surface area (Å²) >= 11 is 0. The van der Waals surface area contributed by atoms with Crippen LogP contribution in [0, 0.1) is 6.92 Å². The number of halogens is 3. The van der Waals surface area contributed by atoms with E-state index in [1.165, 1.54) is 10.7 Å². The van der Waals surface area contributed by atoms with Gasteiger partial charge in [0.25, 0.3) is 11.7 Å². The minimum Gasteiger partial charge on any atom is -0.494 e. The van der Waals surface area contributed by atoms with Gasteiger partial charge >= 0.3 is 6.18 Å². The van der Waals surface area contributed by atoms with Gasteiger partial charge in [-0.3, -0.25) is 4.79 Å². The number of aromatic nitrogens is 4. The van der Waals surface area contributed by atoms with Crippen molar-refractivity contribution in [3.63, 3.8) is 0 Å². The van der Waals surface area contributed by atoms with Gasteiger partial charge in [0.1, 0.15) is 11.5 Å². The summed E-state index contributed by atoms with van der Waals surface area (Å²) in [6.07, 6.45) is -3.10. The van der Waals surface area contributed by atoms with Crippen LogP contribution in [0.4, 0.5) is 18.9 Å². The third-order valence-electron chi connectivity index (χ3n) is 4.55. The van der Waals surface area contributed by atoms with Crippen molar-refractivity contribution < 1.29 is 27.4 Å². The molecule has 0 spiro atoms. The first-order valence-corrected chi connectivity index (χ1v) is 9.86. The van der Waals surface area contributed by atoms with Crippen LogP contribution in [-0.2, 0) is 6.18 Å². The van der Waals surface area contributed by atoms with Crippen LogP contribution in [0.25, 0.3) is 5.78 Å². The number of amides is 1. The molecule has 0 aliphatic rings. The zero-order valence-corrected chi connectivity index (χ0v) is 17.6. The van der Waals surface area contributed by atoms with E-state index in [1.54, 1.807) is 37.3 Å². The molecule has 1 N–H and O–H groups in total. The monoisotopic (exact) mass is 457 g/mol. The number of hydrogen-bond donors (Lipinski definition) is 1. The molecule has 170 valence electrons. The van der Waals surface area contributed by atoms with Gasteiger partial charge < -0.3 is 14.8 Å². The topological polar surface area (TPSA) is 90.6 Å². The van der Waals surface area contributed by atoms with E-state index in [-0.39, 0.29) is 23.0 Å². The molecule has 8 nitrogen and oxygen atoms in total. The van der Waals surface area contributed by atoms with Crippen LogP contribution in [0.5, 0.6) is 17.2 Å². The normalized spacial score (nSPS) is 11.4. The van der Waals surface area contributed by atoms with Gasteiger partial charge in [0.05, 0.1) is 17.9 Å². The Bertz CT molecular complexity index is 1300. The predicted octanol–water partition coefficient (Wildman–Crippen LogP) is 4.89. The zero-order chi connectivity index (χ0) is 23.6. The van der Waals surface area contributed by atoms with E-state index in [0.717, 1.165) is 18.2 Å². The highest BCUT2D eigenvalue weighted by molar-refractivity contribution is 6.02. The molecule has 4 aromatic rings. The summed E-state index contributed by atoms with van der Waals surface area (Å²) in [6, 6.07) is 11.0. The molecule has 0 saturated carbocycles. The summed E-state index contributed by atoms with van der Waals surface area (Å²) in [4.78, 5) is 20.8. The molecule has 0 aliphatic carbocycles. The molecule has 0 saturated heterocycles. The van der Waals surface area contributed by atoms with Crippen LogP contribution in [0.15, 0.2) is 54.7 Å². The number of carbonyl (C=O) groups is 1. The highest BCUT2D eigenvalue weighted by atomic mass is 19.4. The Kier molecular flexibility index (Phi) is 5.86. The zero-order valence-electron chi connectivity index (χ0n) is 17.6. The molecule has 2 aromatic carbocycles. The molecule has 4 rings (SSSR count). The van der Waals surface area contributed by atoms with Crippen molar-refractivity contribution in [2.45, 2.75) is 20.0 Å². The molecule has 0 fully saturated rings. The number of nitrogens with one attached hydrogen (secondary N) is 1. The predicted molar refractivity (Wildman–Crippen MR) is 113 cm³/mol. The molecule has 0 radical (unpaired) electrons. The first-order chi connectivity index (χ1) is 15.7. The van der Waals surface area contributed by atoms with Gasteiger partial charge in [-0.25, -0.2) is 9.50 Å². The highest BCUT2D eigenvalue weighted by Crippen LogP contribution is 2.37. The molecule has 2 heterocycles. The van der Waals surface area contributed by atoms with Crippen LogP contribution in [0.2, 0.25) is 0 Å². The van der Waals surface area contributed by atoms with E-state index < -0.39 is 17.6 Å². The molecular weight excluding hydrogens is 439 g/mol. The van der Waals surface area contributed by atoms with E-state index in [1.807, 2.05) is 6.92 Å². The molecule has 0 atom stereocenters. The number of hydrogen-bond acceptors (Lipinski definition) is 6. The van der Waals surface area contributed by atoms with Gasteiger partial charge in [-0.2, -0.15) is 18.2 Å². The minimum absolute atomic E-state index is 0.0126. The number of anilines is 1. The fourth-order valence-corrected chi connectivity index (χ4v) is 2.97. The second-order valence-electron chi connectivity index (χ2n) is 6.90. The summed E-state index contributed by atoms with van der Waals surface area (Å²) in [5, 5.41) is 6.49. The number of fused-ring (bicyclic) bond motifs is 1. The molecule has 0 aliphatic heterocycles. The van der Waals surface area contributed by atoms with Gasteiger partial charge in [-0.1, -0.05) is 0 Å².